The van der Waals surface area contributed by atoms with Crippen molar-refractivity contribution in [2.24, 2.45) is 0 Å². The molecule has 0 atom stereocenters. The molecule has 7 aromatic carbocycles. The second-order valence-electron chi connectivity index (χ2n) is 14.0. The number of hydrogen-bond acceptors (Lipinski definition) is 4. The molecule has 9 aromatic rings. The molecule has 2 aromatic heterocycles. The maximum atomic E-state index is 6.54. The fraction of sp³-hybridized carbons (Fsp3) is 0.0625. The van der Waals surface area contributed by atoms with Crippen molar-refractivity contribution in [1.82, 2.24) is 15.0 Å². The maximum absolute atomic E-state index is 6.54. The maximum Gasteiger partial charge on any atom is 0.164 e. The van der Waals surface area contributed by atoms with Crippen LogP contribution in [0.15, 0.2) is 168 Å². The minimum Gasteiger partial charge on any atom is -0.456 e. The van der Waals surface area contributed by atoms with Gasteiger partial charge >= 0.3 is 0 Å². The molecule has 0 spiro atoms. The third kappa shape index (κ3) is 4.87. The lowest BCUT2D eigenvalue weighted by atomic mass is 9.81. The van der Waals surface area contributed by atoms with Crippen molar-refractivity contribution in [3.63, 3.8) is 0 Å². The van der Waals surface area contributed by atoms with Crippen molar-refractivity contribution < 1.29 is 4.42 Å². The number of nitrogens with zero attached hydrogens (tertiary/aromatic N) is 3. The summed E-state index contributed by atoms with van der Waals surface area (Å²) in [5.74, 6) is 1.93. The van der Waals surface area contributed by atoms with E-state index in [2.05, 4.69) is 111 Å². The molecular formula is C48H33N3O. The van der Waals surface area contributed by atoms with E-state index in [9.17, 15) is 0 Å². The van der Waals surface area contributed by atoms with E-state index in [-0.39, 0.29) is 5.41 Å². The molecule has 4 heteroatoms. The van der Waals surface area contributed by atoms with E-state index in [1.165, 1.54) is 27.8 Å². The quantitative estimate of drug-likeness (QED) is 0.183. The van der Waals surface area contributed by atoms with Crippen LogP contribution in [-0.4, -0.2) is 15.0 Å². The number of fused-ring (bicyclic) bond motifs is 6. The third-order valence-corrected chi connectivity index (χ3v) is 10.5. The van der Waals surface area contributed by atoms with Gasteiger partial charge in [-0.1, -0.05) is 153 Å². The summed E-state index contributed by atoms with van der Waals surface area (Å²) in [6.07, 6.45) is 0. The SMILES string of the molecule is CC1(C)c2ccccc2-c2ccc(-c3cc(-c4ccc(-c5nc(-c6ccccc6)nc(-c6ccccc6)n5)cc4)cc4oc5ccccc5c34)cc21. The highest BCUT2D eigenvalue weighted by atomic mass is 16.3. The van der Waals surface area contributed by atoms with Crippen molar-refractivity contribution in [1.29, 1.82) is 0 Å². The molecular weight excluding hydrogens is 635 g/mol. The number of rotatable bonds is 5. The molecule has 0 radical (unpaired) electrons. The highest BCUT2D eigenvalue weighted by molar-refractivity contribution is 6.14. The van der Waals surface area contributed by atoms with Crippen LogP contribution in [0, 0.1) is 0 Å². The molecule has 0 N–H and O–H groups in total. The van der Waals surface area contributed by atoms with Gasteiger partial charge in [-0.25, -0.2) is 15.0 Å². The van der Waals surface area contributed by atoms with Gasteiger partial charge in [-0.05, 0) is 68.8 Å². The van der Waals surface area contributed by atoms with Gasteiger partial charge in [0.2, 0.25) is 0 Å². The van der Waals surface area contributed by atoms with Gasteiger partial charge in [-0.15, -0.1) is 0 Å². The summed E-state index contributed by atoms with van der Waals surface area (Å²) in [6, 6.07) is 57.3. The molecule has 0 saturated heterocycles. The molecule has 0 saturated carbocycles. The minimum absolute atomic E-state index is 0.0945. The van der Waals surface area contributed by atoms with Crippen molar-refractivity contribution >= 4 is 21.9 Å². The highest BCUT2D eigenvalue weighted by Crippen LogP contribution is 2.50. The molecule has 52 heavy (non-hydrogen) atoms. The average molecular weight is 668 g/mol. The largest absolute Gasteiger partial charge is 0.456 e. The van der Waals surface area contributed by atoms with E-state index in [0.717, 1.165) is 55.3 Å². The number of para-hydroxylation sites is 1. The van der Waals surface area contributed by atoms with Crippen LogP contribution < -0.4 is 0 Å². The predicted molar refractivity (Wildman–Crippen MR) is 212 cm³/mol. The molecule has 1 aliphatic rings. The second-order valence-corrected chi connectivity index (χ2v) is 14.0. The first-order valence-corrected chi connectivity index (χ1v) is 17.7. The standard InChI is InChI=1S/C48H33N3O/c1-48(2)40-19-11-9-17-36(40)37-26-25-34(28-41(37)48)39-27-35(29-43-44(39)38-18-10-12-20-42(38)52-43)30-21-23-33(24-22-30)47-50-45(31-13-5-3-6-14-31)49-46(51-47)32-15-7-4-8-16-32/h3-29H,1-2H3. The molecule has 0 amide bonds. The topological polar surface area (TPSA) is 51.8 Å². The minimum atomic E-state index is -0.0945. The second kappa shape index (κ2) is 11.7. The molecule has 2 heterocycles. The Bertz CT molecular complexity index is 2740. The summed E-state index contributed by atoms with van der Waals surface area (Å²) in [5.41, 5.74) is 14.4. The van der Waals surface area contributed by atoms with Gasteiger partial charge in [0, 0.05) is 32.9 Å². The Morgan fingerprint density at radius 2 is 0.923 bits per heavy atom. The summed E-state index contributed by atoms with van der Waals surface area (Å²) < 4.78 is 6.54. The van der Waals surface area contributed by atoms with E-state index in [1.54, 1.807) is 0 Å². The van der Waals surface area contributed by atoms with Gasteiger partial charge < -0.3 is 4.42 Å². The number of benzene rings is 7. The molecule has 1 aliphatic carbocycles. The number of hydrogen-bond donors (Lipinski definition) is 0. The van der Waals surface area contributed by atoms with Gasteiger partial charge in [0.15, 0.2) is 17.5 Å². The van der Waals surface area contributed by atoms with Crippen molar-refractivity contribution in [3.05, 3.63) is 175 Å². The Labute approximate surface area is 302 Å². The van der Waals surface area contributed by atoms with Crippen LogP contribution in [0.3, 0.4) is 0 Å². The predicted octanol–water partition coefficient (Wildman–Crippen LogP) is 12.4. The van der Waals surface area contributed by atoms with Gasteiger partial charge in [0.25, 0.3) is 0 Å². The van der Waals surface area contributed by atoms with E-state index < -0.39 is 0 Å². The lowest BCUT2D eigenvalue weighted by molar-refractivity contribution is 0.660. The van der Waals surface area contributed by atoms with Crippen molar-refractivity contribution in [2.45, 2.75) is 19.3 Å². The summed E-state index contributed by atoms with van der Waals surface area (Å²) in [4.78, 5) is 14.7. The van der Waals surface area contributed by atoms with Crippen LogP contribution in [0.5, 0.6) is 0 Å². The normalized spacial score (nSPS) is 13.0. The van der Waals surface area contributed by atoms with Gasteiger partial charge in [-0.3, -0.25) is 0 Å². The van der Waals surface area contributed by atoms with Gasteiger partial charge in [0.05, 0.1) is 0 Å². The van der Waals surface area contributed by atoms with Crippen LogP contribution in [0.1, 0.15) is 25.0 Å². The lowest BCUT2D eigenvalue weighted by Crippen LogP contribution is -2.14. The van der Waals surface area contributed by atoms with Crippen LogP contribution >= 0.6 is 0 Å². The Balaban J connectivity index is 1.10. The Kier molecular flexibility index (Phi) is 6.80. The van der Waals surface area contributed by atoms with E-state index >= 15 is 0 Å². The molecule has 0 aliphatic heterocycles. The summed E-state index contributed by atoms with van der Waals surface area (Å²) in [5, 5.41) is 2.26. The zero-order valence-corrected chi connectivity index (χ0v) is 28.8. The fourth-order valence-electron chi connectivity index (χ4n) is 7.87. The van der Waals surface area contributed by atoms with Crippen LogP contribution in [0.25, 0.3) is 89.5 Å². The first kappa shape index (κ1) is 30.2. The lowest BCUT2D eigenvalue weighted by Gasteiger charge is -2.22. The molecule has 246 valence electrons. The Morgan fingerprint density at radius 1 is 0.385 bits per heavy atom. The summed E-state index contributed by atoms with van der Waals surface area (Å²) in [7, 11) is 0. The van der Waals surface area contributed by atoms with Crippen molar-refractivity contribution in [3.8, 4) is 67.5 Å². The first-order chi connectivity index (χ1) is 25.5. The third-order valence-electron chi connectivity index (χ3n) is 10.5. The smallest absolute Gasteiger partial charge is 0.164 e. The summed E-state index contributed by atoms with van der Waals surface area (Å²) in [6.45, 7) is 4.67. The zero-order chi connectivity index (χ0) is 34.8. The summed E-state index contributed by atoms with van der Waals surface area (Å²) >= 11 is 0. The highest BCUT2D eigenvalue weighted by Gasteiger charge is 2.35. The number of furan rings is 1. The molecule has 4 nitrogen and oxygen atoms in total. The monoisotopic (exact) mass is 667 g/mol. The molecule has 10 rings (SSSR count). The first-order valence-electron chi connectivity index (χ1n) is 17.7. The van der Waals surface area contributed by atoms with Crippen LogP contribution in [0.2, 0.25) is 0 Å². The molecule has 0 unspecified atom stereocenters. The Hall–Kier alpha value is -6.65. The van der Waals surface area contributed by atoms with Crippen molar-refractivity contribution in [2.75, 3.05) is 0 Å². The molecule has 0 bridgehead atoms. The van der Waals surface area contributed by atoms with E-state index in [1.807, 2.05) is 66.7 Å². The Morgan fingerprint density at radius 3 is 1.62 bits per heavy atom. The van der Waals surface area contributed by atoms with E-state index in [4.69, 9.17) is 19.4 Å². The van der Waals surface area contributed by atoms with E-state index in [0.29, 0.717) is 17.5 Å². The zero-order valence-electron chi connectivity index (χ0n) is 28.8. The van der Waals surface area contributed by atoms with Crippen LogP contribution in [-0.2, 0) is 5.41 Å². The van der Waals surface area contributed by atoms with Crippen LogP contribution in [0.4, 0.5) is 0 Å². The molecule has 0 fully saturated rings. The van der Waals surface area contributed by atoms with Gasteiger partial charge in [-0.2, -0.15) is 0 Å². The number of aromatic nitrogens is 3. The fourth-order valence-corrected chi connectivity index (χ4v) is 7.87. The average Bonchev–Trinajstić information content (AvgIpc) is 3.70. The van der Waals surface area contributed by atoms with Gasteiger partial charge in [0.1, 0.15) is 11.2 Å².